The second-order valence-corrected chi connectivity index (χ2v) is 7.05. The number of urea groups is 1. The van der Waals surface area contributed by atoms with Crippen LogP contribution in [0.3, 0.4) is 0 Å². The summed E-state index contributed by atoms with van der Waals surface area (Å²) < 4.78 is 5.31. The molecule has 0 unspecified atom stereocenters. The first-order chi connectivity index (χ1) is 11.6. The minimum atomic E-state index is -0.341. The number of anilines is 1. The predicted octanol–water partition coefficient (Wildman–Crippen LogP) is 1.97. The van der Waals surface area contributed by atoms with Crippen LogP contribution in [0.4, 0.5) is 10.5 Å². The molecule has 3 heterocycles. The van der Waals surface area contributed by atoms with Gasteiger partial charge in [-0.3, -0.25) is 9.69 Å². The molecule has 3 aliphatic heterocycles. The van der Waals surface area contributed by atoms with Gasteiger partial charge in [0.2, 0.25) is 0 Å². The van der Waals surface area contributed by atoms with E-state index in [1.165, 1.54) is 4.90 Å². The quantitative estimate of drug-likeness (QED) is 0.783. The van der Waals surface area contributed by atoms with Crippen molar-refractivity contribution in [1.29, 1.82) is 0 Å². The predicted molar refractivity (Wildman–Crippen MR) is 90.2 cm³/mol. The van der Waals surface area contributed by atoms with Gasteiger partial charge < -0.3 is 14.5 Å². The summed E-state index contributed by atoms with van der Waals surface area (Å²) in [5.74, 6) is -0.0671. The topological polar surface area (TPSA) is 53.1 Å². The average molecular weight is 350 g/mol. The molecule has 6 nitrogen and oxygen atoms in total. The molecule has 0 saturated carbocycles. The third-order valence-electron chi connectivity index (χ3n) is 5.29. The first kappa shape index (κ1) is 15.7. The largest absolute Gasteiger partial charge is 0.380 e. The van der Waals surface area contributed by atoms with E-state index in [9.17, 15) is 9.59 Å². The number of halogens is 1. The molecule has 0 spiro atoms. The number of carbonyl (C=O) groups is 2. The molecule has 128 valence electrons. The Morgan fingerprint density at radius 1 is 1.17 bits per heavy atom. The molecule has 0 radical (unpaired) electrons. The monoisotopic (exact) mass is 349 g/mol. The molecule has 1 aromatic rings. The summed E-state index contributed by atoms with van der Waals surface area (Å²) in [7, 11) is 1.63. The van der Waals surface area contributed by atoms with E-state index >= 15 is 0 Å². The first-order valence-electron chi connectivity index (χ1n) is 8.25. The second-order valence-electron chi connectivity index (χ2n) is 6.62. The van der Waals surface area contributed by atoms with Gasteiger partial charge in [0, 0.05) is 43.9 Å². The van der Waals surface area contributed by atoms with E-state index in [-0.39, 0.29) is 30.1 Å². The zero-order chi connectivity index (χ0) is 16.8. The molecule has 4 rings (SSSR count). The van der Waals surface area contributed by atoms with Crippen molar-refractivity contribution in [2.75, 3.05) is 31.6 Å². The summed E-state index contributed by atoms with van der Waals surface area (Å²) in [5, 5.41) is 0.702. The third kappa shape index (κ3) is 2.45. The molecule has 3 aliphatic rings. The minimum absolute atomic E-state index is 0.0285. The van der Waals surface area contributed by atoms with Crippen LogP contribution in [0.5, 0.6) is 0 Å². The van der Waals surface area contributed by atoms with E-state index in [0.29, 0.717) is 24.5 Å². The number of hydrogen-bond donors (Lipinski definition) is 0. The van der Waals surface area contributed by atoms with Crippen LogP contribution in [0.25, 0.3) is 0 Å². The molecule has 1 aromatic carbocycles. The molecular weight excluding hydrogens is 330 g/mol. The highest BCUT2D eigenvalue weighted by Crippen LogP contribution is 2.33. The lowest BCUT2D eigenvalue weighted by molar-refractivity contribution is -0.129. The van der Waals surface area contributed by atoms with Crippen LogP contribution < -0.4 is 4.90 Å². The van der Waals surface area contributed by atoms with E-state index < -0.39 is 0 Å². The lowest BCUT2D eigenvalue weighted by atomic mass is 10.1. The zero-order valence-corrected chi connectivity index (χ0v) is 14.3. The molecule has 0 aromatic heterocycles. The number of imide groups is 1. The molecule has 0 aliphatic carbocycles. The van der Waals surface area contributed by atoms with Crippen LogP contribution in [0, 0.1) is 0 Å². The van der Waals surface area contributed by atoms with E-state index in [1.807, 2.05) is 24.3 Å². The van der Waals surface area contributed by atoms with Crippen molar-refractivity contribution in [2.45, 2.75) is 31.0 Å². The van der Waals surface area contributed by atoms with Gasteiger partial charge in [-0.2, -0.15) is 0 Å². The second kappa shape index (κ2) is 5.93. The summed E-state index contributed by atoms with van der Waals surface area (Å²) in [5.41, 5.74) is 1.07. The van der Waals surface area contributed by atoms with Crippen LogP contribution in [0.15, 0.2) is 24.3 Å². The lowest BCUT2D eigenvalue weighted by Gasteiger charge is -2.24. The molecule has 0 bridgehead atoms. The van der Waals surface area contributed by atoms with E-state index in [1.54, 1.807) is 12.0 Å². The Morgan fingerprint density at radius 3 is 2.58 bits per heavy atom. The van der Waals surface area contributed by atoms with Crippen LogP contribution in [-0.2, 0) is 9.53 Å². The van der Waals surface area contributed by atoms with Crippen molar-refractivity contribution in [2.24, 2.45) is 0 Å². The number of amides is 3. The van der Waals surface area contributed by atoms with Crippen molar-refractivity contribution in [1.82, 2.24) is 9.80 Å². The van der Waals surface area contributed by atoms with Crippen LogP contribution >= 0.6 is 11.6 Å². The number of nitrogens with zero attached hydrogens (tertiary/aromatic N) is 3. The summed E-state index contributed by atoms with van der Waals surface area (Å²) in [6.45, 7) is 2.01. The molecule has 3 fully saturated rings. The summed E-state index contributed by atoms with van der Waals surface area (Å²) in [6, 6.07) is 7.10. The van der Waals surface area contributed by atoms with Gasteiger partial charge in [-0.05, 0) is 30.7 Å². The van der Waals surface area contributed by atoms with E-state index in [2.05, 4.69) is 4.90 Å². The smallest absolute Gasteiger partial charge is 0.327 e. The molecule has 24 heavy (non-hydrogen) atoms. The number of hydrogen-bond acceptors (Lipinski definition) is 4. The van der Waals surface area contributed by atoms with Gasteiger partial charge in [0.25, 0.3) is 5.91 Å². The number of ether oxygens (including phenoxy) is 1. The average Bonchev–Trinajstić information content (AvgIpc) is 3.26. The van der Waals surface area contributed by atoms with Gasteiger partial charge >= 0.3 is 6.03 Å². The van der Waals surface area contributed by atoms with Crippen molar-refractivity contribution in [3.05, 3.63) is 29.3 Å². The Morgan fingerprint density at radius 2 is 1.92 bits per heavy atom. The number of rotatable bonds is 3. The first-order valence-corrected chi connectivity index (χ1v) is 8.63. The van der Waals surface area contributed by atoms with Crippen LogP contribution in [0.2, 0.25) is 5.02 Å². The Hall–Kier alpha value is -1.79. The highest BCUT2D eigenvalue weighted by atomic mass is 35.5. The summed E-state index contributed by atoms with van der Waals surface area (Å²) in [4.78, 5) is 30.7. The Bertz CT molecular complexity index is 642. The van der Waals surface area contributed by atoms with Crippen molar-refractivity contribution in [3.8, 4) is 0 Å². The van der Waals surface area contributed by atoms with Crippen molar-refractivity contribution >= 4 is 29.2 Å². The highest BCUT2D eigenvalue weighted by molar-refractivity contribution is 6.30. The van der Waals surface area contributed by atoms with Crippen LogP contribution in [-0.4, -0.2) is 66.7 Å². The summed E-state index contributed by atoms with van der Waals surface area (Å²) >= 11 is 5.94. The van der Waals surface area contributed by atoms with Crippen molar-refractivity contribution in [3.63, 3.8) is 0 Å². The lowest BCUT2D eigenvalue weighted by Crippen LogP contribution is -2.44. The SMILES string of the molecule is CO[C@@H]1C[C@H]2C(=O)N([C@@H]3CCN(c4ccc(Cl)cc4)C3)C(=O)N2C1. The molecule has 0 N–H and O–H groups in total. The minimum Gasteiger partial charge on any atom is -0.380 e. The van der Waals surface area contributed by atoms with Gasteiger partial charge in [-0.15, -0.1) is 0 Å². The molecular formula is C17H20ClN3O3. The van der Waals surface area contributed by atoms with Gasteiger partial charge in [0.15, 0.2) is 0 Å². The zero-order valence-electron chi connectivity index (χ0n) is 13.5. The fourth-order valence-electron chi connectivity index (χ4n) is 3.98. The maximum absolute atomic E-state index is 12.7. The van der Waals surface area contributed by atoms with Gasteiger partial charge in [0.05, 0.1) is 12.1 Å². The fourth-order valence-corrected chi connectivity index (χ4v) is 4.11. The Kier molecular flexibility index (Phi) is 3.89. The third-order valence-corrected chi connectivity index (χ3v) is 5.54. The molecule has 3 atom stereocenters. The number of carbonyl (C=O) groups excluding carboxylic acids is 2. The van der Waals surface area contributed by atoms with Crippen LogP contribution in [0.1, 0.15) is 12.8 Å². The maximum atomic E-state index is 12.7. The van der Waals surface area contributed by atoms with Gasteiger partial charge in [-0.1, -0.05) is 11.6 Å². The van der Waals surface area contributed by atoms with Gasteiger partial charge in [-0.25, -0.2) is 4.79 Å². The van der Waals surface area contributed by atoms with E-state index in [4.69, 9.17) is 16.3 Å². The highest BCUT2D eigenvalue weighted by Gasteiger charge is 2.53. The Labute approximate surface area is 145 Å². The Balaban J connectivity index is 1.47. The fraction of sp³-hybridized carbons (Fsp3) is 0.529. The number of methoxy groups -OCH3 is 1. The van der Waals surface area contributed by atoms with E-state index in [0.717, 1.165) is 18.7 Å². The molecule has 3 saturated heterocycles. The molecule has 3 amide bonds. The van der Waals surface area contributed by atoms with Crippen molar-refractivity contribution < 1.29 is 14.3 Å². The number of benzene rings is 1. The normalized spacial score (nSPS) is 29.8. The summed E-state index contributed by atoms with van der Waals surface area (Å²) in [6.07, 6.45) is 1.37. The molecule has 7 heteroatoms. The standard InChI is InChI=1S/C17H20ClN3O3/c1-24-14-8-15-16(22)21(17(23)20(15)10-14)13-6-7-19(9-13)12-4-2-11(18)3-5-12/h2-5,13-15H,6-10H2,1H3/t13-,14-,15+/m1/s1. The van der Waals surface area contributed by atoms with Gasteiger partial charge in [0.1, 0.15) is 6.04 Å². The number of fused-ring (bicyclic) bond motifs is 1. The maximum Gasteiger partial charge on any atom is 0.327 e.